The van der Waals surface area contributed by atoms with Crippen LogP contribution in [0.2, 0.25) is 0 Å². The predicted molar refractivity (Wildman–Crippen MR) is 81.2 cm³/mol. The maximum Gasteiger partial charge on any atom is 0.471 e. The van der Waals surface area contributed by atoms with Crippen LogP contribution >= 0.6 is 0 Å². The van der Waals surface area contributed by atoms with Gasteiger partial charge in [0.1, 0.15) is 6.17 Å². The molecule has 1 aliphatic rings. The highest BCUT2D eigenvalue weighted by Gasteiger charge is 2.38. The van der Waals surface area contributed by atoms with Crippen LogP contribution in [0.15, 0.2) is 21.6 Å². The number of morpholine rings is 1. The van der Waals surface area contributed by atoms with Gasteiger partial charge in [-0.3, -0.25) is 9.69 Å². The summed E-state index contributed by atoms with van der Waals surface area (Å²) in [5.41, 5.74) is -0.620. The molecule has 1 N–H and O–H groups in total. The highest BCUT2D eigenvalue weighted by atomic mass is 19.4. The Labute approximate surface area is 145 Å². The van der Waals surface area contributed by atoms with E-state index < -0.39 is 29.6 Å². The number of aromatic nitrogens is 3. The summed E-state index contributed by atoms with van der Waals surface area (Å²) in [6, 6.07) is 1.32. The van der Waals surface area contributed by atoms with E-state index in [9.17, 15) is 22.4 Å². The summed E-state index contributed by atoms with van der Waals surface area (Å²) in [4.78, 5) is 19.6. The van der Waals surface area contributed by atoms with Crippen molar-refractivity contribution in [1.29, 1.82) is 0 Å². The van der Waals surface area contributed by atoms with E-state index in [1.54, 1.807) is 0 Å². The SMILES string of the molecule is O=c1[nH]ccc(-c2noc(C(F)(F)F)n2)c1CC(F)CN1CCOCC1. The Morgan fingerprint density at radius 2 is 2.04 bits per heavy atom. The highest BCUT2D eigenvalue weighted by molar-refractivity contribution is 5.58. The number of alkyl halides is 4. The summed E-state index contributed by atoms with van der Waals surface area (Å²) in [5, 5.41) is 3.27. The van der Waals surface area contributed by atoms with Crippen molar-refractivity contribution < 1.29 is 26.8 Å². The number of halogens is 4. The van der Waals surface area contributed by atoms with Crippen LogP contribution in [-0.4, -0.2) is 59.0 Å². The topological polar surface area (TPSA) is 84.2 Å². The van der Waals surface area contributed by atoms with Gasteiger partial charge in [-0.1, -0.05) is 5.16 Å². The van der Waals surface area contributed by atoms with Gasteiger partial charge in [-0.25, -0.2) is 4.39 Å². The lowest BCUT2D eigenvalue weighted by Crippen LogP contribution is -2.40. The van der Waals surface area contributed by atoms with E-state index in [0.717, 1.165) is 0 Å². The number of hydrogen-bond donors (Lipinski definition) is 1. The van der Waals surface area contributed by atoms with E-state index in [4.69, 9.17) is 4.74 Å². The van der Waals surface area contributed by atoms with Crippen LogP contribution in [-0.2, 0) is 17.3 Å². The van der Waals surface area contributed by atoms with Crippen molar-refractivity contribution in [3.05, 3.63) is 34.1 Å². The van der Waals surface area contributed by atoms with Crippen LogP contribution in [0.25, 0.3) is 11.4 Å². The molecule has 2 aromatic rings. The fourth-order valence-electron chi connectivity index (χ4n) is 2.72. The molecule has 1 fully saturated rings. The molecule has 3 heterocycles. The molecule has 11 heteroatoms. The summed E-state index contributed by atoms with van der Waals surface area (Å²) in [6.45, 7) is 2.27. The molecule has 0 bridgehead atoms. The van der Waals surface area contributed by atoms with Crippen LogP contribution in [0.4, 0.5) is 17.6 Å². The summed E-state index contributed by atoms with van der Waals surface area (Å²) in [6.07, 6.45) is -5.23. The largest absolute Gasteiger partial charge is 0.471 e. The van der Waals surface area contributed by atoms with Gasteiger partial charge in [0, 0.05) is 43.4 Å². The van der Waals surface area contributed by atoms with Crippen molar-refractivity contribution >= 4 is 0 Å². The van der Waals surface area contributed by atoms with Gasteiger partial charge >= 0.3 is 12.1 Å². The molecule has 0 amide bonds. The third kappa shape index (κ3) is 4.28. The monoisotopic (exact) mass is 376 g/mol. The number of rotatable bonds is 5. The lowest BCUT2D eigenvalue weighted by Gasteiger charge is -2.27. The minimum Gasteiger partial charge on any atom is -0.379 e. The van der Waals surface area contributed by atoms with Crippen LogP contribution in [0.3, 0.4) is 0 Å². The number of nitrogens with zero attached hydrogens (tertiary/aromatic N) is 3. The lowest BCUT2D eigenvalue weighted by atomic mass is 10.0. The van der Waals surface area contributed by atoms with Gasteiger partial charge < -0.3 is 14.2 Å². The van der Waals surface area contributed by atoms with Gasteiger partial charge in [0.2, 0.25) is 5.82 Å². The molecular formula is C15H16F4N4O3. The molecule has 0 spiro atoms. The van der Waals surface area contributed by atoms with Gasteiger partial charge in [0.25, 0.3) is 5.56 Å². The molecule has 0 saturated carbocycles. The number of H-pyrrole nitrogens is 1. The first-order valence-corrected chi connectivity index (χ1v) is 7.90. The summed E-state index contributed by atoms with van der Waals surface area (Å²) in [5.74, 6) is -1.93. The third-order valence-corrected chi connectivity index (χ3v) is 3.96. The maximum absolute atomic E-state index is 14.5. The summed E-state index contributed by atoms with van der Waals surface area (Å²) >= 11 is 0. The Morgan fingerprint density at radius 3 is 2.69 bits per heavy atom. The predicted octanol–water partition coefficient (Wildman–Crippen LogP) is 1.66. The zero-order valence-corrected chi connectivity index (χ0v) is 13.6. The van der Waals surface area contributed by atoms with Gasteiger partial charge in [-0.15, -0.1) is 0 Å². The molecule has 142 valence electrons. The second-order valence-electron chi connectivity index (χ2n) is 5.83. The first-order chi connectivity index (χ1) is 12.3. The average molecular weight is 376 g/mol. The van der Waals surface area contributed by atoms with Crippen LogP contribution < -0.4 is 5.56 Å². The average Bonchev–Trinajstić information content (AvgIpc) is 3.08. The Balaban J connectivity index is 1.81. The molecule has 7 nitrogen and oxygen atoms in total. The fraction of sp³-hybridized carbons (Fsp3) is 0.533. The Kier molecular flexibility index (Phi) is 5.37. The van der Waals surface area contributed by atoms with Crippen molar-refractivity contribution in [3.63, 3.8) is 0 Å². The van der Waals surface area contributed by atoms with Crippen molar-refractivity contribution in [1.82, 2.24) is 20.0 Å². The van der Waals surface area contributed by atoms with Crippen molar-refractivity contribution in [2.75, 3.05) is 32.8 Å². The molecule has 26 heavy (non-hydrogen) atoms. The van der Waals surface area contributed by atoms with Crippen molar-refractivity contribution in [2.24, 2.45) is 0 Å². The van der Waals surface area contributed by atoms with E-state index in [1.807, 2.05) is 4.90 Å². The van der Waals surface area contributed by atoms with Gasteiger partial charge in [-0.2, -0.15) is 18.2 Å². The third-order valence-electron chi connectivity index (χ3n) is 3.96. The van der Waals surface area contributed by atoms with E-state index in [1.165, 1.54) is 12.3 Å². The lowest BCUT2D eigenvalue weighted by molar-refractivity contribution is -0.159. The Bertz CT molecular complexity index is 799. The van der Waals surface area contributed by atoms with Crippen LogP contribution in [0, 0.1) is 0 Å². The van der Waals surface area contributed by atoms with Gasteiger partial charge in [0.05, 0.1) is 13.2 Å². The van der Waals surface area contributed by atoms with Crippen LogP contribution in [0.1, 0.15) is 11.5 Å². The number of nitrogens with one attached hydrogen (secondary N) is 1. The minimum atomic E-state index is -4.80. The standard InChI is InChI=1S/C15H16F4N4O3/c16-9(8-23-3-5-25-6-4-23)7-11-10(1-2-20-13(11)24)12-21-14(26-22-12)15(17,18)19/h1-2,9H,3-8H2,(H,20,24). The van der Waals surface area contributed by atoms with E-state index in [-0.39, 0.29) is 24.1 Å². The highest BCUT2D eigenvalue weighted by Crippen LogP contribution is 2.30. The van der Waals surface area contributed by atoms with E-state index in [0.29, 0.717) is 26.3 Å². The molecule has 1 unspecified atom stereocenters. The second-order valence-corrected chi connectivity index (χ2v) is 5.83. The van der Waals surface area contributed by atoms with E-state index >= 15 is 0 Å². The maximum atomic E-state index is 14.5. The zero-order valence-electron chi connectivity index (χ0n) is 13.6. The number of pyridine rings is 1. The fourth-order valence-corrected chi connectivity index (χ4v) is 2.72. The normalized spacial score (nSPS) is 17.4. The Hall–Kier alpha value is -2.27. The van der Waals surface area contributed by atoms with E-state index in [2.05, 4.69) is 19.6 Å². The second kappa shape index (κ2) is 7.54. The zero-order chi connectivity index (χ0) is 18.7. The molecule has 0 radical (unpaired) electrons. The molecule has 3 rings (SSSR count). The molecule has 0 aromatic carbocycles. The first-order valence-electron chi connectivity index (χ1n) is 7.90. The molecular weight excluding hydrogens is 360 g/mol. The first kappa shape index (κ1) is 18.5. The minimum absolute atomic E-state index is 0.0117. The Morgan fingerprint density at radius 1 is 1.31 bits per heavy atom. The molecule has 0 aliphatic carbocycles. The number of aromatic amines is 1. The summed E-state index contributed by atoms with van der Waals surface area (Å²) in [7, 11) is 0. The van der Waals surface area contributed by atoms with Crippen LogP contribution in [0.5, 0.6) is 0 Å². The smallest absolute Gasteiger partial charge is 0.379 e. The number of ether oxygens (including phenoxy) is 1. The molecule has 2 aromatic heterocycles. The summed E-state index contributed by atoms with van der Waals surface area (Å²) < 4.78 is 61.7. The van der Waals surface area contributed by atoms with Crippen molar-refractivity contribution in [2.45, 2.75) is 18.8 Å². The molecule has 1 atom stereocenters. The van der Waals surface area contributed by atoms with Crippen molar-refractivity contribution in [3.8, 4) is 11.4 Å². The van der Waals surface area contributed by atoms with Gasteiger partial charge in [0.15, 0.2) is 0 Å². The molecule has 1 saturated heterocycles. The van der Waals surface area contributed by atoms with Gasteiger partial charge in [-0.05, 0) is 6.07 Å². The molecule has 1 aliphatic heterocycles. The quantitative estimate of drug-likeness (QED) is 0.799. The number of hydrogen-bond acceptors (Lipinski definition) is 6.